The number of thiophene rings is 1. The van der Waals surface area contributed by atoms with Crippen LogP contribution >= 0.6 is 11.3 Å². The molecule has 0 bridgehead atoms. The van der Waals surface area contributed by atoms with E-state index in [0.717, 1.165) is 47.3 Å². The summed E-state index contributed by atoms with van der Waals surface area (Å²) in [5.74, 6) is 0.585. The van der Waals surface area contributed by atoms with Crippen LogP contribution in [0.15, 0.2) is 41.8 Å². The van der Waals surface area contributed by atoms with E-state index >= 15 is 0 Å². The zero-order valence-electron chi connectivity index (χ0n) is 23.7. The maximum absolute atomic E-state index is 11.1. The summed E-state index contributed by atoms with van der Waals surface area (Å²) in [7, 11) is -2.94. The Morgan fingerprint density at radius 1 is 0.949 bits per heavy atom. The van der Waals surface area contributed by atoms with Gasteiger partial charge in [-0.25, -0.2) is 23.1 Å². The van der Waals surface area contributed by atoms with Crippen molar-refractivity contribution in [3.63, 3.8) is 0 Å². The minimum absolute atomic E-state index is 0.0283. The van der Waals surface area contributed by atoms with Crippen molar-refractivity contribution in [2.45, 2.75) is 97.1 Å². The molecule has 214 valence electrons. The van der Waals surface area contributed by atoms with Crippen molar-refractivity contribution in [1.82, 2.24) is 14.7 Å². The number of hydrogen-bond acceptors (Lipinski definition) is 8. The lowest BCUT2D eigenvalue weighted by Gasteiger charge is -2.25. The molecule has 0 unspecified atom stereocenters. The number of para-hydroxylation sites is 2. The number of ether oxygens (including phenoxy) is 2. The van der Waals surface area contributed by atoms with Crippen LogP contribution < -0.4 is 9.46 Å². The molecule has 39 heavy (non-hydrogen) atoms. The summed E-state index contributed by atoms with van der Waals surface area (Å²) in [5, 5.41) is 1.95. The first-order chi connectivity index (χ1) is 18.5. The first-order valence-electron chi connectivity index (χ1n) is 13.6. The molecule has 2 heterocycles. The number of fused-ring (bicyclic) bond motifs is 1. The number of carbonyl (C=O) groups is 1. The van der Waals surface area contributed by atoms with Crippen LogP contribution in [0, 0.1) is 5.92 Å². The van der Waals surface area contributed by atoms with Crippen molar-refractivity contribution in [2.75, 3.05) is 0 Å². The molecule has 0 amide bonds. The molecule has 0 atom stereocenters. The molecule has 3 aromatic rings. The number of sulfonamides is 1. The summed E-state index contributed by atoms with van der Waals surface area (Å²) in [6.45, 7) is 11.4. The Balaban J connectivity index is 0.000000178. The Hall–Kier alpha value is -2.56. The van der Waals surface area contributed by atoms with Crippen molar-refractivity contribution >= 4 is 38.4 Å². The van der Waals surface area contributed by atoms with E-state index in [2.05, 4.69) is 9.71 Å². The Morgan fingerprint density at radius 2 is 1.59 bits per heavy atom. The molecule has 0 aliphatic heterocycles. The smallest absolute Gasteiger partial charge is 0.308 e. The summed E-state index contributed by atoms with van der Waals surface area (Å²) in [5.41, 5.74) is 2.57. The highest BCUT2D eigenvalue weighted by Gasteiger charge is 2.35. The Morgan fingerprint density at radius 3 is 2.05 bits per heavy atom. The van der Waals surface area contributed by atoms with Gasteiger partial charge in [0.25, 0.3) is 0 Å². The maximum Gasteiger partial charge on any atom is 0.308 e. The van der Waals surface area contributed by atoms with E-state index in [-0.39, 0.29) is 35.4 Å². The minimum Gasteiger partial charge on any atom is -0.473 e. The number of rotatable bonds is 8. The molecule has 2 saturated carbocycles. The summed E-state index contributed by atoms with van der Waals surface area (Å²) in [6.07, 6.45) is 5.35. The lowest BCUT2D eigenvalue weighted by Crippen LogP contribution is -2.32. The van der Waals surface area contributed by atoms with Crippen molar-refractivity contribution in [2.24, 2.45) is 5.92 Å². The second kappa shape index (κ2) is 14.2. The monoisotopic (exact) mass is 575 g/mol. The molecule has 0 saturated heterocycles. The second-order valence-electron chi connectivity index (χ2n) is 10.7. The second-order valence-corrected chi connectivity index (χ2v) is 13.6. The molecule has 0 radical (unpaired) electrons. The Kier molecular flexibility index (Phi) is 11.3. The van der Waals surface area contributed by atoms with E-state index in [1.165, 1.54) is 6.42 Å². The van der Waals surface area contributed by atoms with Crippen molar-refractivity contribution in [3.05, 3.63) is 41.8 Å². The van der Waals surface area contributed by atoms with Crippen LogP contribution in [0.5, 0.6) is 5.88 Å². The molecule has 2 fully saturated rings. The first kappa shape index (κ1) is 31.0. The number of hydrogen-bond donors (Lipinski definition) is 1. The van der Waals surface area contributed by atoms with Gasteiger partial charge in [-0.05, 0) is 83.4 Å². The third-order valence-electron chi connectivity index (χ3n) is 5.81. The molecule has 2 aliphatic carbocycles. The molecule has 5 rings (SSSR count). The van der Waals surface area contributed by atoms with Gasteiger partial charge in [-0.3, -0.25) is 4.79 Å². The van der Waals surface area contributed by atoms with Gasteiger partial charge in [0.1, 0.15) is 11.8 Å². The van der Waals surface area contributed by atoms with Crippen LogP contribution in [0.25, 0.3) is 21.6 Å². The SMILES string of the molecule is CC(C)C(=O)OC1CCC1.CC(C)NS(=O)(=O)C1CC1.CC(C)Oc1nc2ccccc2nc1-c1cccs1. The Labute approximate surface area is 236 Å². The van der Waals surface area contributed by atoms with Gasteiger partial charge in [0, 0.05) is 6.04 Å². The van der Waals surface area contributed by atoms with Crippen molar-refractivity contribution < 1.29 is 22.7 Å². The van der Waals surface area contributed by atoms with Crippen LogP contribution in [-0.4, -0.2) is 47.9 Å². The van der Waals surface area contributed by atoms with Gasteiger partial charge in [0.2, 0.25) is 15.9 Å². The van der Waals surface area contributed by atoms with Crippen LogP contribution in [0.4, 0.5) is 0 Å². The van der Waals surface area contributed by atoms with E-state index in [1.54, 1.807) is 11.3 Å². The fourth-order valence-electron chi connectivity index (χ4n) is 3.46. The quantitative estimate of drug-likeness (QED) is 0.311. The van der Waals surface area contributed by atoms with Gasteiger partial charge >= 0.3 is 5.97 Å². The predicted molar refractivity (Wildman–Crippen MR) is 157 cm³/mol. The van der Waals surface area contributed by atoms with E-state index in [1.807, 2.05) is 83.3 Å². The van der Waals surface area contributed by atoms with Crippen LogP contribution in [0.1, 0.15) is 73.6 Å². The third-order valence-corrected chi connectivity index (χ3v) is 8.84. The average molecular weight is 576 g/mol. The number of nitrogens with zero attached hydrogens (tertiary/aromatic N) is 2. The minimum atomic E-state index is -2.94. The summed E-state index contributed by atoms with van der Waals surface area (Å²) < 4.78 is 35.7. The molecule has 8 nitrogen and oxygen atoms in total. The topological polar surface area (TPSA) is 107 Å². The van der Waals surface area contributed by atoms with Crippen LogP contribution in [-0.2, 0) is 19.6 Å². The van der Waals surface area contributed by atoms with Crippen molar-refractivity contribution in [1.29, 1.82) is 0 Å². The van der Waals surface area contributed by atoms with Crippen molar-refractivity contribution in [3.8, 4) is 16.5 Å². The predicted octanol–water partition coefficient (Wildman–Crippen LogP) is 6.36. The molecule has 0 spiro atoms. The Bertz CT molecular complexity index is 1300. The molecule has 1 aromatic carbocycles. The highest BCUT2D eigenvalue weighted by molar-refractivity contribution is 7.90. The lowest BCUT2D eigenvalue weighted by molar-refractivity contribution is -0.156. The molecule has 10 heteroatoms. The van der Waals surface area contributed by atoms with E-state index in [4.69, 9.17) is 14.5 Å². The number of benzene rings is 1. The highest BCUT2D eigenvalue weighted by Crippen LogP contribution is 2.32. The van der Waals surface area contributed by atoms with Crippen LogP contribution in [0.3, 0.4) is 0 Å². The normalized spacial score (nSPS) is 15.3. The summed E-state index contributed by atoms with van der Waals surface area (Å²) in [6, 6.07) is 11.9. The summed E-state index contributed by atoms with van der Waals surface area (Å²) in [4.78, 5) is 21.3. The van der Waals surface area contributed by atoms with Gasteiger partial charge < -0.3 is 9.47 Å². The fraction of sp³-hybridized carbons (Fsp3) is 0.552. The largest absolute Gasteiger partial charge is 0.473 e. The number of carbonyl (C=O) groups excluding carboxylic acids is 1. The maximum atomic E-state index is 11.1. The zero-order chi connectivity index (χ0) is 28.6. The van der Waals surface area contributed by atoms with Gasteiger partial charge in [-0.2, -0.15) is 0 Å². The van der Waals surface area contributed by atoms with E-state index in [0.29, 0.717) is 5.88 Å². The highest BCUT2D eigenvalue weighted by atomic mass is 32.2. The van der Waals surface area contributed by atoms with Gasteiger partial charge in [-0.15, -0.1) is 11.3 Å². The van der Waals surface area contributed by atoms with Crippen LogP contribution in [0.2, 0.25) is 0 Å². The first-order valence-corrected chi connectivity index (χ1v) is 16.1. The standard InChI is InChI=1S/C15H14N2OS.C8H14O2.C6H13NO2S/c1-10(2)18-15-14(13-8-5-9-19-13)16-11-6-3-4-7-12(11)17-15;1-6(2)8(9)10-7-4-3-5-7;1-5(2)7-10(8,9)6-3-4-6/h3-10H,1-2H3;6-7H,3-5H2,1-2H3;5-7H,3-4H2,1-2H3. The molecule has 2 aromatic heterocycles. The molecule has 2 aliphatic rings. The number of aromatic nitrogens is 2. The van der Waals surface area contributed by atoms with Gasteiger partial charge in [-0.1, -0.05) is 32.0 Å². The zero-order valence-corrected chi connectivity index (χ0v) is 25.3. The average Bonchev–Trinajstić information content (AvgIpc) is 3.57. The molecular formula is C29H41N3O5S2. The molecular weight excluding hydrogens is 534 g/mol. The third kappa shape index (κ3) is 9.85. The van der Waals surface area contributed by atoms with E-state index < -0.39 is 10.0 Å². The fourth-order valence-corrected chi connectivity index (χ4v) is 5.77. The van der Waals surface area contributed by atoms with Gasteiger partial charge in [0.15, 0.2) is 0 Å². The molecule has 1 N–H and O–H groups in total. The van der Waals surface area contributed by atoms with Gasteiger partial charge in [0.05, 0.1) is 33.2 Å². The number of esters is 1. The lowest BCUT2D eigenvalue weighted by atomic mass is 9.96. The number of nitrogens with one attached hydrogen (secondary N) is 1. The summed E-state index contributed by atoms with van der Waals surface area (Å²) >= 11 is 1.64. The van der Waals surface area contributed by atoms with E-state index in [9.17, 15) is 13.2 Å².